The van der Waals surface area contributed by atoms with Crippen LogP contribution >= 0.6 is 0 Å². The number of hydrogen-bond acceptors (Lipinski definition) is 5. The minimum atomic E-state index is -0.134. The van der Waals surface area contributed by atoms with E-state index in [0.29, 0.717) is 36.1 Å². The Bertz CT molecular complexity index is 773. The summed E-state index contributed by atoms with van der Waals surface area (Å²) in [5.41, 5.74) is 1.28. The predicted molar refractivity (Wildman–Crippen MR) is 85.7 cm³/mol. The zero-order valence-electron chi connectivity index (χ0n) is 13.4. The van der Waals surface area contributed by atoms with Gasteiger partial charge in [-0.15, -0.1) is 0 Å². The SMILES string of the molecule is CC(=O)Nc1ccc(C(=O)N2CC(c3nc(C4CC4)no3)C2)cc1. The number of nitrogens with zero attached hydrogens (tertiary/aromatic N) is 3. The molecule has 2 amide bonds. The van der Waals surface area contributed by atoms with E-state index in [1.807, 2.05) is 0 Å². The minimum absolute atomic E-state index is 0.0254. The second-order valence-corrected chi connectivity index (χ2v) is 6.43. The molecule has 1 aromatic heterocycles. The molecule has 2 heterocycles. The van der Waals surface area contributed by atoms with Crippen molar-refractivity contribution in [3.63, 3.8) is 0 Å². The van der Waals surface area contributed by atoms with E-state index in [4.69, 9.17) is 4.52 Å². The highest BCUT2D eigenvalue weighted by Gasteiger charge is 2.37. The summed E-state index contributed by atoms with van der Waals surface area (Å²) in [5, 5.41) is 6.70. The number of aromatic nitrogens is 2. The summed E-state index contributed by atoms with van der Waals surface area (Å²) in [6, 6.07) is 6.90. The second kappa shape index (κ2) is 5.74. The Balaban J connectivity index is 1.35. The van der Waals surface area contributed by atoms with Gasteiger partial charge in [-0.1, -0.05) is 5.16 Å². The topological polar surface area (TPSA) is 88.3 Å². The lowest BCUT2D eigenvalue weighted by molar-refractivity contribution is -0.114. The third-order valence-corrected chi connectivity index (χ3v) is 4.37. The Morgan fingerprint density at radius 2 is 1.88 bits per heavy atom. The molecule has 1 saturated heterocycles. The molecule has 2 aromatic rings. The summed E-state index contributed by atoms with van der Waals surface area (Å²) in [7, 11) is 0. The van der Waals surface area contributed by atoms with Gasteiger partial charge in [-0.25, -0.2) is 0 Å². The van der Waals surface area contributed by atoms with E-state index in [9.17, 15) is 9.59 Å². The molecule has 0 bridgehead atoms. The van der Waals surface area contributed by atoms with Crippen LogP contribution in [0, 0.1) is 0 Å². The number of benzene rings is 1. The number of carbonyl (C=O) groups excluding carboxylic acids is 2. The molecule has 0 spiro atoms. The summed E-state index contributed by atoms with van der Waals surface area (Å²) < 4.78 is 5.32. The first kappa shape index (κ1) is 14.9. The molecule has 1 aliphatic carbocycles. The van der Waals surface area contributed by atoms with Crippen LogP contribution in [0.1, 0.15) is 53.7 Å². The van der Waals surface area contributed by atoms with Gasteiger partial charge in [-0.3, -0.25) is 9.59 Å². The average Bonchev–Trinajstić information content (AvgIpc) is 3.25. The Hall–Kier alpha value is -2.70. The number of hydrogen-bond donors (Lipinski definition) is 1. The summed E-state index contributed by atoms with van der Waals surface area (Å²) in [6.45, 7) is 2.64. The number of anilines is 1. The molecule has 7 heteroatoms. The Morgan fingerprint density at radius 1 is 1.17 bits per heavy atom. The first-order valence-corrected chi connectivity index (χ1v) is 8.10. The van der Waals surface area contributed by atoms with Gasteiger partial charge in [0.15, 0.2) is 5.82 Å². The molecule has 0 radical (unpaired) electrons. The fourth-order valence-electron chi connectivity index (χ4n) is 2.80. The lowest BCUT2D eigenvalue weighted by Crippen LogP contribution is -2.48. The van der Waals surface area contributed by atoms with Gasteiger partial charge >= 0.3 is 0 Å². The molecule has 1 aliphatic heterocycles. The van der Waals surface area contributed by atoms with Crippen LogP contribution in [-0.2, 0) is 4.79 Å². The second-order valence-electron chi connectivity index (χ2n) is 6.43. The molecular weight excluding hydrogens is 308 g/mol. The maximum atomic E-state index is 12.4. The van der Waals surface area contributed by atoms with Gasteiger partial charge in [0.05, 0.1) is 5.92 Å². The van der Waals surface area contributed by atoms with Gasteiger partial charge in [-0.2, -0.15) is 4.98 Å². The van der Waals surface area contributed by atoms with Crippen molar-refractivity contribution >= 4 is 17.5 Å². The third-order valence-electron chi connectivity index (χ3n) is 4.37. The highest BCUT2D eigenvalue weighted by molar-refractivity contribution is 5.96. The lowest BCUT2D eigenvalue weighted by Gasteiger charge is -2.37. The lowest BCUT2D eigenvalue weighted by atomic mass is 9.98. The van der Waals surface area contributed by atoms with Crippen molar-refractivity contribution in [1.82, 2.24) is 15.0 Å². The van der Waals surface area contributed by atoms with E-state index in [1.54, 1.807) is 29.2 Å². The van der Waals surface area contributed by atoms with Crippen LogP contribution < -0.4 is 5.32 Å². The predicted octanol–water partition coefficient (Wildman–Crippen LogP) is 2.14. The summed E-state index contributed by atoms with van der Waals surface area (Å²) in [4.78, 5) is 29.6. The van der Waals surface area contributed by atoms with Crippen LogP contribution in [0.2, 0.25) is 0 Å². The number of amides is 2. The Labute approximate surface area is 139 Å². The molecule has 24 heavy (non-hydrogen) atoms. The van der Waals surface area contributed by atoms with Gasteiger partial charge in [0, 0.05) is 37.2 Å². The molecule has 124 valence electrons. The van der Waals surface area contributed by atoms with Gasteiger partial charge < -0.3 is 14.7 Å². The summed E-state index contributed by atoms with van der Waals surface area (Å²) in [6.07, 6.45) is 2.28. The van der Waals surface area contributed by atoms with Crippen LogP contribution in [-0.4, -0.2) is 39.9 Å². The Kier molecular flexibility index (Phi) is 3.55. The highest BCUT2D eigenvalue weighted by Crippen LogP contribution is 2.39. The van der Waals surface area contributed by atoms with Crippen molar-refractivity contribution in [2.75, 3.05) is 18.4 Å². The molecule has 2 aliphatic rings. The molecule has 7 nitrogen and oxygen atoms in total. The number of carbonyl (C=O) groups is 2. The molecule has 4 rings (SSSR count). The van der Waals surface area contributed by atoms with E-state index in [2.05, 4.69) is 15.5 Å². The summed E-state index contributed by atoms with van der Waals surface area (Å²) >= 11 is 0. The van der Waals surface area contributed by atoms with Crippen LogP contribution in [0.15, 0.2) is 28.8 Å². The van der Waals surface area contributed by atoms with E-state index in [0.717, 1.165) is 18.7 Å². The molecule has 2 fully saturated rings. The maximum absolute atomic E-state index is 12.4. The van der Waals surface area contributed by atoms with E-state index in [-0.39, 0.29) is 17.7 Å². The standard InChI is InChI=1S/C17H18N4O3/c1-10(22)18-14-6-4-12(5-7-14)17(23)21-8-13(9-21)16-19-15(20-24-16)11-2-3-11/h4-7,11,13H,2-3,8-9H2,1H3,(H,18,22). The monoisotopic (exact) mass is 326 g/mol. The number of nitrogens with one attached hydrogen (secondary N) is 1. The molecule has 1 N–H and O–H groups in total. The van der Waals surface area contributed by atoms with Gasteiger partial charge in [-0.05, 0) is 37.1 Å². The van der Waals surface area contributed by atoms with Gasteiger partial charge in [0.2, 0.25) is 11.8 Å². The zero-order valence-corrected chi connectivity index (χ0v) is 13.4. The van der Waals surface area contributed by atoms with Crippen molar-refractivity contribution in [1.29, 1.82) is 0 Å². The first-order valence-electron chi connectivity index (χ1n) is 8.10. The molecule has 0 atom stereocenters. The van der Waals surface area contributed by atoms with Crippen LogP contribution in [0.4, 0.5) is 5.69 Å². The van der Waals surface area contributed by atoms with Crippen molar-refractivity contribution in [3.05, 3.63) is 41.5 Å². The van der Waals surface area contributed by atoms with Gasteiger partial charge in [0.1, 0.15) is 0 Å². The first-order chi connectivity index (χ1) is 11.6. The van der Waals surface area contributed by atoms with E-state index >= 15 is 0 Å². The largest absolute Gasteiger partial charge is 0.339 e. The van der Waals surface area contributed by atoms with Crippen molar-refractivity contribution < 1.29 is 14.1 Å². The maximum Gasteiger partial charge on any atom is 0.253 e. The van der Waals surface area contributed by atoms with Crippen LogP contribution in [0.3, 0.4) is 0 Å². The van der Waals surface area contributed by atoms with Crippen molar-refractivity contribution in [2.24, 2.45) is 0 Å². The molecular formula is C17H18N4O3. The quantitative estimate of drug-likeness (QED) is 0.930. The smallest absolute Gasteiger partial charge is 0.253 e. The zero-order chi connectivity index (χ0) is 16.7. The van der Waals surface area contributed by atoms with Crippen LogP contribution in [0.25, 0.3) is 0 Å². The number of rotatable bonds is 4. The minimum Gasteiger partial charge on any atom is -0.339 e. The fourth-order valence-corrected chi connectivity index (χ4v) is 2.80. The fraction of sp³-hybridized carbons (Fsp3) is 0.412. The normalized spacial score (nSPS) is 17.5. The third kappa shape index (κ3) is 2.89. The number of likely N-dealkylation sites (tertiary alicyclic amines) is 1. The molecule has 1 saturated carbocycles. The highest BCUT2D eigenvalue weighted by atomic mass is 16.5. The van der Waals surface area contributed by atoms with Crippen molar-refractivity contribution in [2.45, 2.75) is 31.6 Å². The summed E-state index contributed by atoms with van der Waals surface area (Å²) in [5.74, 6) is 1.90. The van der Waals surface area contributed by atoms with Crippen molar-refractivity contribution in [3.8, 4) is 0 Å². The van der Waals surface area contributed by atoms with E-state index < -0.39 is 0 Å². The Morgan fingerprint density at radius 3 is 2.50 bits per heavy atom. The average molecular weight is 326 g/mol. The molecule has 1 aromatic carbocycles. The van der Waals surface area contributed by atoms with E-state index in [1.165, 1.54) is 6.92 Å². The van der Waals surface area contributed by atoms with Crippen LogP contribution in [0.5, 0.6) is 0 Å². The molecule has 0 unspecified atom stereocenters. The van der Waals surface area contributed by atoms with Gasteiger partial charge in [0.25, 0.3) is 5.91 Å².